The molecule has 0 unspecified atom stereocenters. The van der Waals surface area contributed by atoms with Crippen LogP contribution in [0.5, 0.6) is 0 Å². The maximum absolute atomic E-state index is 12.1. The Morgan fingerprint density at radius 1 is 1.48 bits per heavy atom. The molecular weight excluding hydrogens is 313 g/mol. The molecule has 0 fully saturated rings. The molecule has 0 bridgehead atoms. The molecule has 0 aliphatic rings. The van der Waals surface area contributed by atoms with Gasteiger partial charge in [-0.1, -0.05) is 6.92 Å². The minimum Gasteiger partial charge on any atom is -0.346 e. The lowest BCUT2D eigenvalue weighted by atomic mass is 10.5. The minimum atomic E-state index is -4.55. The zero-order valence-corrected chi connectivity index (χ0v) is 12.2. The molecular formula is C10H15F3N4O3S. The second-order valence-electron chi connectivity index (χ2n) is 4.20. The number of carbonyl (C=O) groups is 1. The fraction of sp³-hybridized carbons (Fsp3) is 0.600. The van der Waals surface area contributed by atoms with Crippen LogP contribution in [0.3, 0.4) is 0 Å². The SMILES string of the molecule is CCc1ncc(S(=O)(=O)N(C)CC(=O)NCC(F)(F)F)[nH]1. The van der Waals surface area contributed by atoms with Gasteiger partial charge in [-0.05, 0) is 0 Å². The number of amides is 1. The summed E-state index contributed by atoms with van der Waals surface area (Å²) in [4.78, 5) is 17.7. The number of hydrogen-bond donors (Lipinski definition) is 2. The molecule has 7 nitrogen and oxygen atoms in total. The number of aromatic amines is 1. The summed E-state index contributed by atoms with van der Waals surface area (Å²) in [7, 11) is -2.91. The quantitative estimate of drug-likeness (QED) is 0.784. The van der Waals surface area contributed by atoms with E-state index in [0.29, 0.717) is 16.6 Å². The van der Waals surface area contributed by atoms with Gasteiger partial charge in [-0.25, -0.2) is 13.4 Å². The maximum Gasteiger partial charge on any atom is 0.405 e. The monoisotopic (exact) mass is 328 g/mol. The normalized spacial score (nSPS) is 12.7. The summed E-state index contributed by atoms with van der Waals surface area (Å²) in [5.74, 6) is -0.600. The van der Waals surface area contributed by atoms with Crippen LogP contribution in [0.2, 0.25) is 0 Å². The molecule has 0 aliphatic carbocycles. The Morgan fingerprint density at radius 2 is 2.10 bits per heavy atom. The summed E-state index contributed by atoms with van der Waals surface area (Å²) in [6.07, 6.45) is -2.96. The van der Waals surface area contributed by atoms with Crippen LogP contribution >= 0.6 is 0 Å². The van der Waals surface area contributed by atoms with Crippen molar-refractivity contribution >= 4 is 15.9 Å². The van der Waals surface area contributed by atoms with Crippen molar-refractivity contribution in [3.8, 4) is 0 Å². The van der Waals surface area contributed by atoms with E-state index in [1.165, 1.54) is 0 Å². The lowest BCUT2D eigenvalue weighted by molar-refractivity contribution is -0.138. The van der Waals surface area contributed by atoms with Gasteiger partial charge < -0.3 is 10.3 Å². The molecule has 1 aromatic heterocycles. The number of nitrogens with zero attached hydrogens (tertiary/aromatic N) is 2. The molecule has 1 rings (SSSR count). The lowest BCUT2D eigenvalue weighted by Crippen LogP contribution is -2.41. The molecule has 0 atom stereocenters. The zero-order valence-electron chi connectivity index (χ0n) is 11.4. The molecule has 120 valence electrons. The molecule has 21 heavy (non-hydrogen) atoms. The van der Waals surface area contributed by atoms with Crippen molar-refractivity contribution in [3.05, 3.63) is 12.0 Å². The summed E-state index contributed by atoms with van der Waals surface area (Å²) >= 11 is 0. The highest BCUT2D eigenvalue weighted by molar-refractivity contribution is 7.89. The van der Waals surface area contributed by atoms with E-state index in [9.17, 15) is 26.4 Å². The number of H-pyrrole nitrogens is 1. The number of likely N-dealkylation sites (N-methyl/N-ethyl adjacent to an activating group) is 1. The molecule has 0 radical (unpaired) electrons. The Morgan fingerprint density at radius 3 is 2.57 bits per heavy atom. The van der Waals surface area contributed by atoms with Crippen LogP contribution in [0.15, 0.2) is 11.2 Å². The third kappa shape index (κ3) is 5.01. The first kappa shape index (κ1) is 17.4. The summed E-state index contributed by atoms with van der Waals surface area (Å²) in [5, 5.41) is 1.38. The number of sulfonamides is 1. The Hall–Kier alpha value is -1.62. The van der Waals surface area contributed by atoms with Crippen molar-refractivity contribution in [2.45, 2.75) is 24.5 Å². The molecule has 1 amide bonds. The van der Waals surface area contributed by atoms with Crippen LogP contribution in [0.1, 0.15) is 12.7 Å². The number of hydrogen-bond acceptors (Lipinski definition) is 4. The molecule has 1 aromatic rings. The second-order valence-corrected chi connectivity index (χ2v) is 6.21. The highest BCUT2D eigenvalue weighted by Crippen LogP contribution is 2.13. The van der Waals surface area contributed by atoms with Gasteiger partial charge >= 0.3 is 6.18 Å². The first-order valence-electron chi connectivity index (χ1n) is 5.90. The van der Waals surface area contributed by atoms with E-state index in [2.05, 4.69) is 9.97 Å². The number of nitrogens with one attached hydrogen (secondary N) is 2. The molecule has 0 saturated heterocycles. The van der Waals surface area contributed by atoms with Crippen molar-refractivity contribution in [1.29, 1.82) is 0 Å². The minimum absolute atomic E-state index is 0.217. The van der Waals surface area contributed by atoms with Crippen LogP contribution in [-0.4, -0.2) is 54.9 Å². The van der Waals surface area contributed by atoms with Crippen molar-refractivity contribution in [2.75, 3.05) is 20.1 Å². The first-order chi connectivity index (χ1) is 9.56. The van der Waals surface area contributed by atoms with Crippen LogP contribution in [0.25, 0.3) is 0 Å². The first-order valence-corrected chi connectivity index (χ1v) is 7.34. The van der Waals surface area contributed by atoms with E-state index in [1.807, 2.05) is 0 Å². The third-order valence-electron chi connectivity index (χ3n) is 2.48. The maximum atomic E-state index is 12.1. The molecule has 0 aromatic carbocycles. The van der Waals surface area contributed by atoms with Gasteiger partial charge in [0.2, 0.25) is 5.91 Å². The summed E-state index contributed by atoms with van der Waals surface area (Å²) < 4.78 is 60.5. The van der Waals surface area contributed by atoms with Crippen LogP contribution in [-0.2, 0) is 21.2 Å². The second kappa shape index (κ2) is 6.43. The van der Waals surface area contributed by atoms with Gasteiger partial charge in [-0.2, -0.15) is 17.5 Å². The third-order valence-corrected chi connectivity index (χ3v) is 4.19. The number of halogens is 3. The average molecular weight is 328 g/mol. The van der Waals surface area contributed by atoms with E-state index >= 15 is 0 Å². The number of aryl methyl sites for hydroxylation is 1. The molecule has 2 N–H and O–H groups in total. The van der Waals surface area contributed by atoms with Gasteiger partial charge in [0, 0.05) is 13.5 Å². The highest BCUT2D eigenvalue weighted by Gasteiger charge is 2.29. The van der Waals surface area contributed by atoms with Crippen LogP contribution < -0.4 is 5.32 Å². The number of rotatable bonds is 6. The van der Waals surface area contributed by atoms with E-state index in [-0.39, 0.29) is 5.03 Å². The van der Waals surface area contributed by atoms with Gasteiger partial charge in [0.1, 0.15) is 12.4 Å². The average Bonchev–Trinajstić information content (AvgIpc) is 2.84. The summed E-state index contributed by atoms with van der Waals surface area (Å²) in [6.45, 7) is -0.466. The Bertz CT molecular complexity index is 597. The molecule has 11 heteroatoms. The van der Waals surface area contributed by atoms with Gasteiger partial charge in [-0.3, -0.25) is 4.79 Å². The number of alkyl halides is 3. The summed E-state index contributed by atoms with van der Waals surface area (Å²) in [6, 6.07) is 0. The topological polar surface area (TPSA) is 95.2 Å². The molecule has 1 heterocycles. The van der Waals surface area contributed by atoms with Crippen molar-refractivity contribution < 1.29 is 26.4 Å². The fourth-order valence-corrected chi connectivity index (χ4v) is 2.42. The van der Waals surface area contributed by atoms with E-state index < -0.39 is 35.2 Å². The van der Waals surface area contributed by atoms with Gasteiger partial charge in [0.15, 0.2) is 5.03 Å². The zero-order chi connectivity index (χ0) is 16.3. The van der Waals surface area contributed by atoms with Gasteiger partial charge in [0.05, 0.1) is 12.7 Å². The van der Waals surface area contributed by atoms with Gasteiger partial charge in [0.25, 0.3) is 10.0 Å². The predicted molar refractivity (Wildman–Crippen MR) is 66.8 cm³/mol. The number of aromatic nitrogens is 2. The van der Waals surface area contributed by atoms with Crippen LogP contribution in [0.4, 0.5) is 13.2 Å². The van der Waals surface area contributed by atoms with Crippen LogP contribution in [0, 0.1) is 0 Å². The molecule has 0 aliphatic heterocycles. The Balaban J connectivity index is 2.69. The summed E-state index contributed by atoms with van der Waals surface area (Å²) in [5.41, 5.74) is 0. The lowest BCUT2D eigenvalue weighted by Gasteiger charge is -2.16. The highest BCUT2D eigenvalue weighted by atomic mass is 32.2. The number of carbonyl (C=O) groups excluding carboxylic acids is 1. The smallest absolute Gasteiger partial charge is 0.346 e. The number of imidazole rings is 1. The molecule has 0 saturated carbocycles. The van der Waals surface area contributed by atoms with Crippen molar-refractivity contribution in [2.24, 2.45) is 0 Å². The molecule has 0 spiro atoms. The van der Waals surface area contributed by atoms with E-state index in [4.69, 9.17) is 0 Å². The van der Waals surface area contributed by atoms with E-state index in [0.717, 1.165) is 13.2 Å². The fourth-order valence-electron chi connectivity index (χ4n) is 1.36. The van der Waals surface area contributed by atoms with E-state index in [1.54, 1.807) is 12.2 Å². The largest absolute Gasteiger partial charge is 0.405 e. The standard InChI is InChI=1S/C10H15F3N4O3S/c1-3-7-14-4-9(16-7)21(19,20)17(2)5-8(18)15-6-10(11,12)13/h4H,3,5-6H2,1-2H3,(H,14,16)(H,15,18). The predicted octanol–water partition coefficient (Wildman–Crippen LogP) is 0.271. The van der Waals surface area contributed by atoms with Gasteiger partial charge in [-0.15, -0.1) is 0 Å². The Kier molecular flexibility index (Phi) is 5.34. The van der Waals surface area contributed by atoms with Crippen molar-refractivity contribution in [3.63, 3.8) is 0 Å². The Labute approximate surface area is 119 Å². The van der Waals surface area contributed by atoms with Crippen molar-refractivity contribution in [1.82, 2.24) is 19.6 Å².